The van der Waals surface area contributed by atoms with Gasteiger partial charge in [-0.05, 0) is 66.5 Å². The van der Waals surface area contributed by atoms with Crippen LogP contribution in [-0.2, 0) is 19.7 Å². The van der Waals surface area contributed by atoms with E-state index in [4.69, 9.17) is 4.74 Å². The van der Waals surface area contributed by atoms with Crippen molar-refractivity contribution in [1.82, 2.24) is 0 Å². The highest BCUT2D eigenvalue weighted by atomic mass is 16.5. The summed E-state index contributed by atoms with van der Waals surface area (Å²) in [7, 11) is 0. The minimum absolute atomic E-state index is 0.0483. The summed E-state index contributed by atoms with van der Waals surface area (Å²) in [5.41, 5.74) is 1.57. The van der Waals surface area contributed by atoms with Gasteiger partial charge in [-0.3, -0.25) is 9.59 Å². The Morgan fingerprint density at radius 3 is 1.91 bits per heavy atom. The highest BCUT2D eigenvalue weighted by Crippen LogP contribution is 2.48. The van der Waals surface area contributed by atoms with Crippen LogP contribution in [-0.4, -0.2) is 33.9 Å². The maximum Gasteiger partial charge on any atom is 0.310 e. The second-order valence-corrected chi connectivity index (χ2v) is 9.04. The molecule has 0 spiro atoms. The first-order chi connectivity index (χ1) is 15.3. The van der Waals surface area contributed by atoms with Gasteiger partial charge in [-0.1, -0.05) is 43.3 Å². The molecule has 0 radical (unpaired) electrons. The Morgan fingerprint density at radius 1 is 0.906 bits per heavy atom. The number of carbonyl (C=O) groups excluding carboxylic acids is 1. The molecule has 2 aliphatic rings. The number of rotatable bonds is 8. The van der Waals surface area contributed by atoms with Gasteiger partial charge < -0.3 is 20.1 Å². The van der Waals surface area contributed by atoms with Crippen LogP contribution in [0, 0.1) is 23.7 Å². The summed E-state index contributed by atoms with van der Waals surface area (Å²) in [5.74, 6) is -2.43. The molecule has 2 aromatic carbocycles. The zero-order valence-electron chi connectivity index (χ0n) is 18.0. The van der Waals surface area contributed by atoms with Crippen molar-refractivity contribution in [2.45, 2.75) is 31.6 Å². The van der Waals surface area contributed by atoms with Gasteiger partial charge in [0.1, 0.15) is 11.5 Å². The molecule has 6 heteroatoms. The predicted octanol–water partition coefficient (Wildman–Crippen LogP) is 4.25. The van der Waals surface area contributed by atoms with Gasteiger partial charge in [-0.15, -0.1) is 0 Å². The number of hydrogen-bond donors (Lipinski definition) is 3. The van der Waals surface area contributed by atoms with Crippen molar-refractivity contribution in [2.75, 3.05) is 6.61 Å². The van der Waals surface area contributed by atoms with Crippen molar-refractivity contribution >= 4 is 11.9 Å². The molecule has 4 rings (SSSR count). The number of phenols is 2. The van der Waals surface area contributed by atoms with E-state index < -0.39 is 29.2 Å². The van der Waals surface area contributed by atoms with Crippen molar-refractivity contribution in [2.24, 2.45) is 23.7 Å². The molecule has 3 N–H and O–H groups in total. The van der Waals surface area contributed by atoms with Gasteiger partial charge in [0, 0.05) is 5.41 Å². The largest absolute Gasteiger partial charge is 0.508 e. The molecule has 168 valence electrons. The van der Waals surface area contributed by atoms with E-state index in [-0.39, 0.29) is 29.9 Å². The van der Waals surface area contributed by atoms with E-state index in [1.165, 1.54) is 0 Å². The topological polar surface area (TPSA) is 104 Å². The number of aromatic hydroxyl groups is 2. The third kappa shape index (κ3) is 4.09. The molecule has 0 aliphatic heterocycles. The van der Waals surface area contributed by atoms with Gasteiger partial charge in [-0.25, -0.2) is 0 Å². The maximum absolute atomic E-state index is 12.7. The zero-order valence-corrected chi connectivity index (χ0v) is 18.0. The number of aliphatic carboxylic acids is 1. The van der Waals surface area contributed by atoms with Crippen molar-refractivity contribution in [1.29, 1.82) is 0 Å². The van der Waals surface area contributed by atoms with Gasteiger partial charge in [0.15, 0.2) is 0 Å². The average Bonchev–Trinajstić information content (AvgIpc) is 3.39. The van der Waals surface area contributed by atoms with Crippen molar-refractivity contribution < 1.29 is 29.6 Å². The number of fused-ring (bicyclic) bond motifs is 2. The third-order valence-electron chi connectivity index (χ3n) is 7.09. The van der Waals surface area contributed by atoms with Crippen molar-refractivity contribution in [3.05, 3.63) is 71.8 Å². The number of ether oxygens (including phenoxy) is 1. The van der Waals surface area contributed by atoms with Gasteiger partial charge in [0.2, 0.25) is 0 Å². The number of phenolic OH excluding ortho intramolecular Hbond substituents is 2. The first-order valence-corrected chi connectivity index (χ1v) is 11.0. The highest BCUT2D eigenvalue weighted by molar-refractivity contribution is 5.83. The number of carbonyl (C=O) groups is 2. The van der Waals surface area contributed by atoms with Crippen LogP contribution >= 0.6 is 0 Å². The number of esters is 1. The fraction of sp³-hybridized carbons (Fsp3) is 0.385. The number of carboxylic acids is 1. The lowest BCUT2D eigenvalue weighted by Crippen LogP contribution is -2.34. The molecule has 0 saturated heterocycles. The number of carboxylic acid groups (broad SMARTS) is 1. The first-order valence-electron chi connectivity index (χ1n) is 11.0. The van der Waals surface area contributed by atoms with Gasteiger partial charge in [0.05, 0.1) is 18.4 Å². The molecule has 1 fully saturated rings. The van der Waals surface area contributed by atoms with E-state index >= 15 is 0 Å². The lowest BCUT2D eigenvalue weighted by molar-refractivity contribution is -0.158. The molecule has 0 heterocycles. The van der Waals surface area contributed by atoms with E-state index in [9.17, 15) is 24.9 Å². The van der Waals surface area contributed by atoms with E-state index in [1.807, 2.05) is 36.4 Å². The second-order valence-electron chi connectivity index (χ2n) is 9.04. The van der Waals surface area contributed by atoms with E-state index in [0.29, 0.717) is 19.3 Å². The van der Waals surface area contributed by atoms with Crippen LogP contribution in [0.2, 0.25) is 0 Å². The molecule has 1 saturated carbocycles. The molecule has 0 amide bonds. The van der Waals surface area contributed by atoms with Crippen LogP contribution in [0.4, 0.5) is 0 Å². The Morgan fingerprint density at radius 2 is 1.41 bits per heavy atom. The minimum atomic E-state index is -0.934. The SMILES string of the molecule is CC(CCCOC(=O)C1C2C=CC(C2)C1C(=O)O)(c1ccc(O)cc1)c1ccc(O)cc1. The van der Waals surface area contributed by atoms with Crippen LogP contribution in [0.3, 0.4) is 0 Å². The fourth-order valence-corrected chi connectivity index (χ4v) is 5.29. The molecular weight excluding hydrogens is 408 g/mol. The molecule has 2 aromatic rings. The molecule has 2 aliphatic carbocycles. The van der Waals surface area contributed by atoms with Gasteiger partial charge in [0.25, 0.3) is 0 Å². The van der Waals surface area contributed by atoms with Gasteiger partial charge >= 0.3 is 11.9 Å². The van der Waals surface area contributed by atoms with Crippen molar-refractivity contribution in [3.8, 4) is 11.5 Å². The standard InChI is InChI=1S/C26H28O6/c1-26(18-5-9-20(27)10-6-18,19-7-11-21(28)12-8-19)13-2-14-32-25(31)23-17-4-3-16(15-17)22(23)24(29)30/h3-12,16-17,22-23,27-28H,2,13-15H2,1H3,(H,29,30). The summed E-state index contributed by atoms with van der Waals surface area (Å²) in [4.78, 5) is 24.4. The average molecular weight is 437 g/mol. The van der Waals surface area contributed by atoms with E-state index in [1.54, 1.807) is 24.3 Å². The molecule has 6 nitrogen and oxygen atoms in total. The summed E-state index contributed by atoms with van der Waals surface area (Å²) >= 11 is 0. The first kappa shape index (κ1) is 21.9. The molecule has 4 atom stereocenters. The summed E-state index contributed by atoms with van der Waals surface area (Å²) in [6, 6.07) is 14.0. The van der Waals surface area contributed by atoms with E-state index in [0.717, 1.165) is 11.1 Å². The summed E-state index contributed by atoms with van der Waals surface area (Å²) in [6.07, 6.45) is 5.81. The summed E-state index contributed by atoms with van der Waals surface area (Å²) in [6.45, 7) is 2.28. The highest BCUT2D eigenvalue weighted by Gasteiger charge is 2.52. The Bertz CT molecular complexity index is 962. The minimum Gasteiger partial charge on any atom is -0.508 e. The van der Waals surface area contributed by atoms with Crippen LogP contribution < -0.4 is 0 Å². The Kier molecular flexibility index (Phi) is 5.96. The number of allylic oxidation sites excluding steroid dienone is 2. The normalized spacial score (nSPS) is 23.9. The molecule has 32 heavy (non-hydrogen) atoms. The predicted molar refractivity (Wildman–Crippen MR) is 118 cm³/mol. The smallest absolute Gasteiger partial charge is 0.310 e. The maximum atomic E-state index is 12.7. The molecule has 2 bridgehead atoms. The zero-order chi connectivity index (χ0) is 22.9. The summed E-state index contributed by atoms with van der Waals surface area (Å²) < 4.78 is 5.55. The van der Waals surface area contributed by atoms with E-state index in [2.05, 4.69) is 6.92 Å². The third-order valence-corrected chi connectivity index (χ3v) is 7.09. The van der Waals surface area contributed by atoms with Crippen molar-refractivity contribution in [3.63, 3.8) is 0 Å². The fourth-order valence-electron chi connectivity index (χ4n) is 5.29. The number of benzene rings is 2. The molecular formula is C26H28O6. The van der Waals surface area contributed by atoms with Gasteiger partial charge in [-0.2, -0.15) is 0 Å². The molecule has 0 aromatic heterocycles. The van der Waals surface area contributed by atoms with Crippen LogP contribution in [0.25, 0.3) is 0 Å². The monoisotopic (exact) mass is 436 g/mol. The lowest BCUT2D eigenvalue weighted by atomic mass is 9.73. The van der Waals surface area contributed by atoms with Crippen LogP contribution in [0.5, 0.6) is 11.5 Å². The molecule has 4 unspecified atom stereocenters. The second kappa shape index (κ2) is 8.69. The lowest BCUT2D eigenvalue weighted by Gasteiger charge is -2.31. The summed E-state index contributed by atoms with van der Waals surface area (Å²) in [5, 5.41) is 28.9. The Balaban J connectivity index is 1.43. The Hall–Kier alpha value is -3.28. The number of hydrogen-bond acceptors (Lipinski definition) is 5. The van der Waals surface area contributed by atoms with Crippen LogP contribution in [0.15, 0.2) is 60.7 Å². The van der Waals surface area contributed by atoms with Crippen LogP contribution in [0.1, 0.15) is 37.3 Å². The Labute approximate surface area is 187 Å². The quantitative estimate of drug-likeness (QED) is 0.325.